The predicted octanol–water partition coefficient (Wildman–Crippen LogP) is 2.09. The van der Waals surface area contributed by atoms with E-state index in [0.29, 0.717) is 6.07 Å². The number of carbonyl (C=O) groups excluding carboxylic acids is 1. The molecule has 0 unspecified atom stereocenters. The number of alkyl halides is 1. The molecule has 70 valence electrons. The highest BCUT2D eigenvalue weighted by Crippen LogP contribution is 2.23. The van der Waals surface area contributed by atoms with E-state index >= 15 is 0 Å². The van der Waals surface area contributed by atoms with Gasteiger partial charge in [0.05, 0.1) is 11.4 Å². The molecule has 0 atom stereocenters. The first kappa shape index (κ1) is 9.92. The molecule has 0 saturated heterocycles. The Bertz CT molecular complexity index is 352. The highest BCUT2D eigenvalue weighted by Gasteiger charge is 2.15. The molecule has 0 amide bonds. The Labute approximate surface area is 77.8 Å². The van der Waals surface area contributed by atoms with E-state index in [4.69, 9.17) is 16.7 Å². The normalized spacial score (nSPS) is 10.1. The smallest absolute Gasteiger partial charge is 0.181 e. The van der Waals surface area contributed by atoms with Crippen LogP contribution in [0, 0.1) is 11.6 Å². The standard InChI is InChI=1S/C8H5ClF2O2/c9-3-7(12)5-1-4(10)2-6(11)8(5)13/h1-2,13H,3H2. The summed E-state index contributed by atoms with van der Waals surface area (Å²) in [5, 5.41) is 9.00. The maximum absolute atomic E-state index is 12.7. The fraction of sp³-hybridized carbons (Fsp3) is 0.125. The number of aromatic hydroxyl groups is 1. The molecule has 1 N–H and O–H groups in total. The van der Waals surface area contributed by atoms with E-state index in [1.54, 1.807) is 0 Å². The average molecular weight is 207 g/mol. The van der Waals surface area contributed by atoms with Crippen LogP contribution in [0.25, 0.3) is 0 Å². The van der Waals surface area contributed by atoms with Gasteiger partial charge in [-0.1, -0.05) is 0 Å². The molecule has 0 aliphatic carbocycles. The van der Waals surface area contributed by atoms with E-state index in [-0.39, 0.29) is 0 Å². The quantitative estimate of drug-likeness (QED) is 0.594. The van der Waals surface area contributed by atoms with Crippen LogP contribution in [-0.4, -0.2) is 16.8 Å². The Morgan fingerprint density at radius 3 is 2.62 bits per heavy atom. The van der Waals surface area contributed by atoms with Gasteiger partial charge in [-0.15, -0.1) is 11.6 Å². The number of phenolic OH excluding ortho intramolecular Hbond substituents is 1. The summed E-state index contributed by atoms with van der Waals surface area (Å²) in [6, 6.07) is 1.23. The topological polar surface area (TPSA) is 37.3 Å². The zero-order valence-corrected chi connectivity index (χ0v) is 7.11. The van der Waals surface area contributed by atoms with Crippen LogP contribution in [-0.2, 0) is 0 Å². The molecule has 0 heterocycles. The molecule has 0 spiro atoms. The van der Waals surface area contributed by atoms with E-state index in [0.717, 1.165) is 6.07 Å². The third-order valence-electron chi connectivity index (χ3n) is 1.45. The third-order valence-corrected chi connectivity index (χ3v) is 1.69. The Morgan fingerprint density at radius 2 is 2.08 bits per heavy atom. The molecule has 13 heavy (non-hydrogen) atoms. The van der Waals surface area contributed by atoms with Gasteiger partial charge in [0, 0.05) is 6.07 Å². The van der Waals surface area contributed by atoms with E-state index < -0.39 is 34.6 Å². The Morgan fingerprint density at radius 1 is 1.46 bits per heavy atom. The van der Waals surface area contributed by atoms with Crippen molar-refractivity contribution in [2.45, 2.75) is 0 Å². The summed E-state index contributed by atoms with van der Waals surface area (Å²) in [6.07, 6.45) is 0. The molecule has 0 aliphatic heterocycles. The number of hydrogen-bond donors (Lipinski definition) is 1. The second-order valence-corrected chi connectivity index (χ2v) is 2.61. The first-order chi connectivity index (χ1) is 6.06. The molecular weight excluding hydrogens is 202 g/mol. The monoisotopic (exact) mass is 206 g/mol. The van der Waals surface area contributed by atoms with Crippen LogP contribution in [0.3, 0.4) is 0 Å². The van der Waals surface area contributed by atoms with E-state index in [1.165, 1.54) is 0 Å². The van der Waals surface area contributed by atoms with Crippen LogP contribution in [0.1, 0.15) is 10.4 Å². The second kappa shape index (κ2) is 3.70. The van der Waals surface area contributed by atoms with Gasteiger partial charge >= 0.3 is 0 Å². The number of benzene rings is 1. The summed E-state index contributed by atoms with van der Waals surface area (Å²) in [4.78, 5) is 10.9. The zero-order chi connectivity index (χ0) is 10.0. The summed E-state index contributed by atoms with van der Waals surface area (Å²) in [6.45, 7) is 0. The molecule has 1 rings (SSSR count). The first-order valence-corrected chi connectivity index (χ1v) is 3.87. The van der Waals surface area contributed by atoms with Crippen molar-refractivity contribution < 1.29 is 18.7 Å². The molecular formula is C8H5ClF2O2. The van der Waals surface area contributed by atoms with Gasteiger partial charge in [-0.2, -0.15) is 0 Å². The van der Waals surface area contributed by atoms with Crippen LogP contribution in [0.15, 0.2) is 12.1 Å². The number of carbonyl (C=O) groups is 1. The third kappa shape index (κ3) is 1.95. The Kier molecular flexibility index (Phi) is 2.83. The number of rotatable bonds is 2. The summed E-state index contributed by atoms with van der Waals surface area (Å²) in [5.41, 5.74) is -0.437. The predicted molar refractivity (Wildman–Crippen MR) is 43.1 cm³/mol. The van der Waals surface area contributed by atoms with Gasteiger partial charge in [-0.05, 0) is 6.07 Å². The molecule has 0 radical (unpaired) electrons. The molecule has 0 saturated carbocycles. The van der Waals surface area contributed by atoms with Crippen molar-refractivity contribution >= 4 is 17.4 Å². The molecule has 0 aliphatic rings. The van der Waals surface area contributed by atoms with Crippen LogP contribution in [0.5, 0.6) is 5.75 Å². The van der Waals surface area contributed by atoms with Crippen LogP contribution >= 0.6 is 11.6 Å². The molecule has 1 aromatic rings. The van der Waals surface area contributed by atoms with Crippen molar-refractivity contribution in [2.75, 3.05) is 5.88 Å². The van der Waals surface area contributed by atoms with Crippen LogP contribution in [0.4, 0.5) is 8.78 Å². The highest BCUT2D eigenvalue weighted by atomic mass is 35.5. The summed E-state index contributed by atoms with van der Waals surface area (Å²) in [5.74, 6) is -4.13. The minimum atomic E-state index is -1.17. The molecule has 5 heteroatoms. The van der Waals surface area contributed by atoms with Gasteiger partial charge in [0.15, 0.2) is 17.3 Å². The molecule has 0 fully saturated rings. The fourth-order valence-corrected chi connectivity index (χ4v) is 0.994. The lowest BCUT2D eigenvalue weighted by atomic mass is 10.1. The largest absolute Gasteiger partial charge is 0.504 e. The van der Waals surface area contributed by atoms with Crippen molar-refractivity contribution in [3.8, 4) is 5.75 Å². The number of ketones is 1. The maximum Gasteiger partial charge on any atom is 0.181 e. The second-order valence-electron chi connectivity index (χ2n) is 2.34. The first-order valence-electron chi connectivity index (χ1n) is 3.33. The van der Waals surface area contributed by atoms with Crippen molar-refractivity contribution in [2.24, 2.45) is 0 Å². The molecule has 0 aromatic heterocycles. The van der Waals surface area contributed by atoms with Gasteiger partial charge < -0.3 is 5.11 Å². The number of phenols is 1. The lowest BCUT2D eigenvalue weighted by molar-refractivity contribution is 0.101. The van der Waals surface area contributed by atoms with Crippen molar-refractivity contribution in [3.05, 3.63) is 29.3 Å². The fourth-order valence-electron chi connectivity index (χ4n) is 0.851. The Hall–Kier alpha value is -1.16. The number of hydrogen-bond acceptors (Lipinski definition) is 2. The Balaban J connectivity index is 3.28. The van der Waals surface area contributed by atoms with Crippen molar-refractivity contribution in [3.63, 3.8) is 0 Å². The maximum atomic E-state index is 12.7. The molecule has 0 bridgehead atoms. The summed E-state index contributed by atoms with van der Waals surface area (Å²) >= 11 is 5.16. The van der Waals surface area contributed by atoms with Gasteiger partial charge in [-0.3, -0.25) is 4.79 Å². The van der Waals surface area contributed by atoms with E-state index in [9.17, 15) is 13.6 Å². The summed E-state index contributed by atoms with van der Waals surface area (Å²) < 4.78 is 25.2. The van der Waals surface area contributed by atoms with Gasteiger partial charge in [0.2, 0.25) is 0 Å². The van der Waals surface area contributed by atoms with E-state index in [2.05, 4.69) is 0 Å². The molecule has 2 nitrogen and oxygen atoms in total. The van der Waals surface area contributed by atoms with Gasteiger partial charge in [-0.25, -0.2) is 8.78 Å². The molecule has 1 aromatic carbocycles. The van der Waals surface area contributed by atoms with Gasteiger partial charge in [0.1, 0.15) is 5.82 Å². The number of halogens is 3. The lowest BCUT2D eigenvalue weighted by Crippen LogP contribution is -2.02. The van der Waals surface area contributed by atoms with Crippen molar-refractivity contribution in [1.82, 2.24) is 0 Å². The average Bonchev–Trinajstić information content (AvgIpc) is 2.10. The van der Waals surface area contributed by atoms with E-state index in [1.807, 2.05) is 0 Å². The van der Waals surface area contributed by atoms with Gasteiger partial charge in [0.25, 0.3) is 0 Å². The minimum Gasteiger partial charge on any atom is -0.504 e. The van der Waals surface area contributed by atoms with Crippen LogP contribution in [0.2, 0.25) is 0 Å². The number of Topliss-reactive ketones (excluding diaryl/α,β-unsaturated/α-hetero) is 1. The zero-order valence-electron chi connectivity index (χ0n) is 6.35. The lowest BCUT2D eigenvalue weighted by Gasteiger charge is -2.02. The van der Waals surface area contributed by atoms with Crippen LogP contribution < -0.4 is 0 Å². The minimum absolute atomic E-state index is 0.434. The SMILES string of the molecule is O=C(CCl)c1cc(F)cc(F)c1O. The summed E-state index contributed by atoms with van der Waals surface area (Å²) in [7, 11) is 0. The van der Waals surface area contributed by atoms with Crippen molar-refractivity contribution in [1.29, 1.82) is 0 Å². The highest BCUT2D eigenvalue weighted by molar-refractivity contribution is 6.30.